The molecule has 1 heterocycles. The van der Waals surface area contributed by atoms with Crippen LogP contribution in [0.5, 0.6) is 0 Å². The number of carbonyl (C=O) groups is 6. The van der Waals surface area contributed by atoms with Gasteiger partial charge in [0.25, 0.3) is 0 Å². The molecule has 1 saturated carbocycles. The van der Waals surface area contributed by atoms with Gasteiger partial charge in [0.2, 0.25) is 11.7 Å². The number of benzene rings is 1. The molecule has 0 aromatic heterocycles. The van der Waals surface area contributed by atoms with Crippen LogP contribution < -0.4 is 0 Å². The van der Waals surface area contributed by atoms with Crippen molar-refractivity contribution in [1.82, 2.24) is 4.90 Å². The van der Waals surface area contributed by atoms with Gasteiger partial charge in [-0.3, -0.25) is 28.8 Å². The van der Waals surface area contributed by atoms with Gasteiger partial charge in [-0.15, -0.1) is 0 Å². The molecule has 1 amide bonds. The molecule has 50 heavy (non-hydrogen) atoms. The van der Waals surface area contributed by atoms with Gasteiger partial charge < -0.3 is 4.90 Å². The summed E-state index contributed by atoms with van der Waals surface area (Å²) in [7, 11) is 0. The van der Waals surface area contributed by atoms with Crippen LogP contribution in [-0.2, 0) is 28.8 Å². The molecule has 0 bridgehead atoms. The molecule has 1 aromatic rings. The Bertz CT molecular complexity index is 1290. The van der Waals surface area contributed by atoms with E-state index in [0.29, 0.717) is 25.8 Å². The number of hydrogen-bond donors (Lipinski definition) is 0. The number of nitrogens with zero attached hydrogens (tertiary/aromatic N) is 1. The van der Waals surface area contributed by atoms with Crippen LogP contribution in [-0.4, -0.2) is 52.3 Å². The SMILES string of the molecule is CCCCC(CC(=O)[C@@H]1CCCN1C(=O)[C@@H](CCCC1CCCCC1)C(C)(C)C)C(=O)C(=O)CCC(=O)C[C@H](C(=O)C(C)C)c1ccccc1. The predicted octanol–water partition coefficient (Wildman–Crippen LogP) is 9.04. The standard InChI is InChI=1S/C43H65NO6/c1-7-8-20-33(41(49)38(46)26-25-34(45)29-35(40(48)30(2)3)32-21-13-10-14-22-32)28-39(47)37-24-16-27-44(37)42(50)36(43(4,5)6)23-15-19-31-17-11-9-12-18-31/h10,13-14,21-22,30-31,33,35-37H,7-9,11-12,15-20,23-29H2,1-6H3/t33?,35-,36+,37-/m0/s1. The van der Waals surface area contributed by atoms with E-state index >= 15 is 0 Å². The minimum absolute atomic E-state index is 0.0120. The van der Waals surface area contributed by atoms with Crippen LogP contribution in [0.25, 0.3) is 0 Å². The molecule has 2 aliphatic rings. The Kier molecular flexibility index (Phi) is 16.7. The fraction of sp³-hybridized carbons (Fsp3) is 0.721. The first-order valence-corrected chi connectivity index (χ1v) is 19.7. The van der Waals surface area contributed by atoms with Crippen molar-refractivity contribution in [3.05, 3.63) is 35.9 Å². The Hall–Kier alpha value is -2.96. The fourth-order valence-electron chi connectivity index (χ4n) is 8.14. The molecule has 2 fully saturated rings. The molecular formula is C43H65NO6. The molecule has 4 atom stereocenters. The highest BCUT2D eigenvalue weighted by Gasteiger charge is 2.42. The van der Waals surface area contributed by atoms with Gasteiger partial charge >= 0.3 is 0 Å². The van der Waals surface area contributed by atoms with Gasteiger partial charge in [0.15, 0.2) is 11.6 Å². The van der Waals surface area contributed by atoms with E-state index in [2.05, 4.69) is 20.8 Å². The van der Waals surface area contributed by atoms with Crippen molar-refractivity contribution < 1.29 is 28.8 Å². The van der Waals surface area contributed by atoms with Crippen LogP contribution in [0, 0.1) is 29.1 Å². The molecule has 3 rings (SSSR count). The number of likely N-dealkylation sites (tertiary alicyclic amines) is 1. The highest BCUT2D eigenvalue weighted by atomic mass is 16.2. The average molecular weight is 692 g/mol. The maximum absolute atomic E-state index is 14.1. The minimum atomic E-state index is -0.754. The van der Waals surface area contributed by atoms with Gasteiger partial charge in [-0.25, -0.2) is 0 Å². The van der Waals surface area contributed by atoms with Crippen LogP contribution in [0.2, 0.25) is 0 Å². The highest BCUT2D eigenvalue weighted by molar-refractivity contribution is 6.38. The summed E-state index contributed by atoms with van der Waals surface area (Å²) >= 11 is 0. The van der Waals surface area contributed by atoms with Crippen molar-refractivity contribution in [1.29, 1.82) is 0 Å². The first-order chi connectivity index (χ1) is 23.7. The van der Waals surface area contributed by atoms with E-state index in [1.807, 2.05) is 51.1 Å². The minimum Gasteiger partial charge on any atom is -0.332 e. The second kappa shape index (κ2) is 20.2. The summed E-state index contributed by atoms with van der Waals surface area (Å²) in [6.07, 6.45) is 12.4. The Balaban J connectivity index is 1.62. The summed E-state index contributed by atoms with van der Waals surface area (Å²) in [4.78, 5) is 82.4. The molecule has 1 saturated heterocycles. The van der Waals surface area contributed by atoms with E-state index in [9.17, 15) is 28.8 Å². The average Bonchev–Trinajstić information content (AvgIpc) is 3.59. The van der Waals surface area contributed by atoms with Gasteiger partial charge in [0, 0.05) is 55.9 Å². The van der Waals surface area contributed by atoms with E-state index in [4.69, 9.17) is 0 Å². The van der Waals surface area contributed by atoms with Gasteiger partial charge in [0.05, 0.1) is 6.04 Å². The topological polar surface area (TPSA) is 106 Å². The van der Waals surface area contributed by atoms with Gasteiger partial charge in [-0.05, 0) is 42.6 Å². The van der Waals surface area contributed by atoms with Gasteiger partial charge in [-0.2, -0.15) is 0 Å². The summed E-state index contributed by atoms with van der Waals surface area (Å²) in [5.41, 5.74) is 0.541. The van der Waals surface area contributed by atoms with Crippen LogP contribution in [0.3, 0.4) is 0 Å². The number of ketones is 5. The van der Waals surface area contributed by atoms with Crippen molar-refractivity contribution >= 4 is 34.8 Å². The maximum atomic E-state index is 14.1. The zero-order valence-corrected chi connectivity index (χ0v) is 32.0. The van der Waals surface area contributed by atoms with Crippen molar-refractivity contribution in [2.24, 2.45) is 29.1 Å². The number of amides is 1. The molecule has 0 N–H and O–H groups in total. The lowest BCUT2D eigenvalue weighted by atomic mass is 9.75. The smallest absolute Gasteiger partial charge is 0.226 e. The maximum Gasteiger partial charge on any atom is 0.226 e. The van der Waals surface area contributed by atoms with Crippen molar-refractivity contribution in [3.63, 3.8) is 0 Å². The Morgan fingerprint density at radius 3 is 2.12 bits per heavy atom. The summed E-state index contributed by atoms with van der Waals surface area (Å²) < 4.78 is 0. The molecular weight excluding hydrogens is 626 g/mol. The third-order valence-electron chi connectivity index (χ3n) is 11.3. The quantitative estimate of drug-likeness (QED) is 0.119. The zero-order chi connectivity index (χ0) is 36.8. The second-order valence-electron chi connectivity index (χ2n) is 16.6. The molecule has 1 aromatic carbocycles. The number of hydrogen-bond acceptors (Lipinski definition) is 6. The van der Waals surface area contributed by atoms with E-state index in [1.54, 1.807) is 4.90 Å². The number of carbonyl (C=O) groups excluding carboxylic acids is 6. The van der Waals surface area contributed by atoms with Crippen LogP contribution >= 0.6 is 0 Å². The third-order valence-corrected chi connectivity index (χ3v) is 11.3. The molecule has 1 aliphatic heterocycles. The lowest BCUT2D eigenvalue weighted by molar-refractivity contribution is -0.145. The lowest BCUT2D eigenvalue weighted by Crippen LogP contribution is -2.47. The molecule has 0 radical (unpaired) electrons. The summed E-state index contributed by atoms with van der Waals surface area (Å²) in [6, 6.07) is 8.64. The first-order valence-electron chi connectivity index (χ1n) is 19.7. The monoisotopic (exact) mass is 691 g/mol. The third kappa shape index (κ3) is 12.4. The molecule has 1 unspecified atom stereocenters. The van der Waals surface area contributed by atoms with Crippen molar-refractivity contribution in [3.8, 4) is 0 Å². The summed E-state index contributed by atoms with van der Waals surface area (Å²) in [5.74, 6) is -2.58. The van der Waals surface area contributed by atoms with E-state index in [1.165, 1.54) is 32.1 Å². The number of Topliss-reactive ketones (excluding diaryl/α,β-unsaturated/α-hetero) is 5. The zero-order valence-electron chi connectivity index (χ0n) is 32.0. The molecule has 7 heteroatoms. The molecule has 7 nitrogen and oxygen atoms in total. The molecule has 1 aliphatic carbocycles. The van der Waals surface area contributed by atoms with Crippen LogP contribution in [0.15, 0.2) is 30.3 Å². The number of unbranched alkanes of at least 4 members (excludes halogenated alkanes) is 1. The largest absolute Gasteiger partial charge is 0.332 e. The second-order valence-corrected chi connectivity index (χ2v) is 16.6. The van der Waals surface area contributed by atoms with Crippen LogP contribution in [0.1, 0.15) is 162 Å². The van der Waals surface area contributed by atoms with E-state index in [-0.39, 0.29) is 66.2 Å². The normalized spacial score (nSPS) is 18.9. The van der Waals surface area contributed by atoms with Crippen molar-refractivity contribution in [2.45, 2.75) is 163 Å². The van der Waals surface area contributed by atoms with Gasteiger partial charge in [0.1, 0.15) is 11.6 Å². The first kappa shape index (κ1) is 41.5. The summed E-state index contributed by atoms with van der Waals surface area (Å²) in [5, 5.41) is 0. The Labute approximate surface area is 302 Å². The van der Waals surface area contributed by atoms with Crippen LogP contribution in [0.4, 0.5) is 0 Å². The number of rotatable bonds is 21. The molecule has 278 valence electrons. The van der Waals surface area contributed by atoms with Crippen molar-refractivity contribution in [2.75, 3.05) is 6.54 Å². The lowest BCUT2D eigenvalue weighted by Gasteiger charge is -2.35. The van der Waals surface area contributed by atoms with E-state index < -0.39 is 29.4 Å². The summed E-state index contributed by atoms with van der Waals surface area (Å²) in [6.45, 7) is 12.5. The fourth-order valence-corrected chi connectivity index (χ4v) is 8.14. The molecule has 0 spiro atoms. The Morgan fingerprint density at radius 2 is 1.50 bits per heavy atom. The highest BCUT2D eigenvalue weighted by Crippen LogP contribution is 2.37. The Morgan fingerprint density at radius 1 is 0.820 bits per heavy atom. The van der Waals surface area contributed by atoms with E-state index in [0.717, 1.165) is 43.6 Å². The predicted molar refractivity (Wildman–Crippen MR) is 199 cm³/mol. The van der Waals surface area contributed by atoms with Gasteiger partial charge in [-0.1, -0.05) is 130 Å².